The summed E-state index contributed by atoms with van der Waals surface area (Å²) in [6.45, 7) is 0.544. The van der Waals surface area contributed by atoms with Crippen LogP contribution in [0.3, 0.4) is 0 Å². The zero-order valence-electron chi connectivity index (χ0n) is 7.64. The molecule has 2 heterocycles. The molecule has 2 aromatic rings. The minimum absolute atomic E-state index is 0.376. The van der Waals surface area contributed by atoms with Crippen LogP contribution in [0.4, 0.5) is 5.95 Å². The average molecular weight is 210 g/mol. The van der Waals surface area contributed by atoms with Crippen LogP contribution in [0, 0.1) is 4.77 Å². The maximum absolute atomic E-state index is 5.62. The first kappa shape index (κ1) is 8.95. The molecule has 0 radical (unpaired) electrons. The fourth-order valence-electron chi connectivity index (χ4n) is 1.19. The molecule has 0 spiro atoms. The standard InChI is InChI=1S/C7H10N6S/c1-12-3-2-5(11-12)4-13-6(8)9-10-7(13)14/h2-3H,4H2,1H3,(H2,8,9)(H,10,14). The van der Waals surface area contributed by atoms with E-state index in [0.29, 0.717) is 17.3 Å². The van der Waals surface area contributed by atoms with Gasteiger partial charge >= 0.3 is 0 Å². The zero-order valence-corrected chi connectivity index (χ0v) is 8.45. The highest BCUT2D eigenvalue weighted by Crippen LogP contribution is 2.04. The summed E-state index contributed by atoms with van der Waals surface area (Å²) in [6.07, 6.45) is 1.87. The number of nitrogens with one attached hydrogen (secondary N) is 1. The SMILES string of the molecule is Cn1ccc(Cn2c(N)n[nH]c2=S)n1. The van der Waals surface area contributed by atoms with Crippen molar-refractivity contribution < 1.29 is 0 Å². The summed E-state index contributed by atoms with van der Waals surface area (Å²) in [6, 6.07) is 1.91. The number of aromatic amines is 1. The van der Waals surface area contributed by atoms with Crippen molar-refractivity contribution in [2.24, 2.45) is 7.05 Å². The Balaban J connectivity index is 2.31. The molecule has 0 atom stereocenters. The molecule has 14 heavy (non-hydrogen) atoms. The highest BCUT2D eigenvalue weighted by atomic mass is 32.1. The van der Waals surface area contributed by atoms with Gasteiger partial charge in [-0.3, -0.25) is 9.25 Å². The number of aromatic nitrogens is 5. The molecular formula is C7H10N6S. The molecule has 0 fully saturated rings. The van der Waals surface area contributed by atoms with Crippen LogP contribution in [0.25, 0.3) is 0 Å². The molecule has 2 rings (SSSR count). The summed E-state index contributed by atoms with van der Waals surface area (Å²) in [5.74, 6) is 0.376. The van der Waals surface area contributed by atoms with E-state index in [1.54, 1.807) is 9.25 Å². The highest BCUT2D eigenvalue weighted by Gasteiger charge is 2.04. The van der Waals surface area contributed by atoms with Gasteiger partial charge in [-0.2, -0.15) is 5.10 Å². The first-order valence-corrected chi connectivity index (χ1v) is 4.47. The molecule has 0 aliphatic heterocycles. The minimum Gasteiger partial charge on any atom is -0.368 e. The number of hydrogen-bond donors (Lipinski definition) is 2. The number of H-pyrrole nitrogens is 1. The van der Waals surface area contributed by atoms with E-state index >= 15 is 0 Å². The van der Waals surface area contributed by atoms with E-state index in [9.17, 15) is 0 Å². The van der Waals surface area contributed by atoms with Crippen molar-refractivity contribution in [3.8, 4) is 0 Å². The molecular weight excluding hydrogens is 200 g/mol. The summed E-state index contributed by atoms with van der Waals surface area (Å²) in [7, 11) is 1.86. The topological polar surface area (TPSA) is 77.5 Å². The molecule has 0 saturated heterocycles. The third-order valence-corrected chi connectivity index (χ3v) is 2.19. The molecule has 0 amide bonds. The van der Waals surface area contributed by atoms with Crippen LogP contribution in [0.15, 0.2) is 12.3 Å². The number of anilines is 1. The van der Waals surface area contributed by atoms with Crippen LogP contribution >= 0.6 is 12.2 Å². The average Bonchev–Trinajstić information content (AvgIpc) is 2.67. The number of rotatable bonds is 2. The predicted octanol–water partition coefficient (Wildman–Crippen LogP) is 0.305. The minimum atomic E-state index is 0.376. The van der Waals surface area contributed by atoms with Gasteiger partial charge in [-0.25, -0.2) is 5.10 Å². The van der Waals surface area contributed by atoms with Gasteiger partial charge < -0.3 is 5.73 Å². The van der Waals surface area contributed by atoms with Crippen molar-refractivity contribution in [2.45, 2.75) is 6.54 Å². The van der Waals surface area contributed by atoms with Gasteiger partial charge in [-0.05, 0) is 18.3 Å². The first-order chi connectivity index (χ1) is 6.66. The maximum Gasteiger partial charge on any atom is 0.220 e. The van der Waals surface area contributed by atoms with E-state index in [2.05, 4.69) is 15.3 Å². The van der Waals surface area contributed by atoms with Crippen LogP contribution in [-0.2, 0) is 13.6 Å². The Morgan fingerprint density at radius 2 is 2.43 bits per heavy atom. The maximum atomic E-state index is 5.62. The predicted molar refractivity (Wildman–Crippen MR) is 54.1 cm³/mol. The van der Waals surface area contributed by atoms with Crippen molar-refractivity contribution >= 4 is 18.2 Å². The van der Waals surface area contributed by atoms with Crippen LogP contribution in [0.2, 0.25) is 0 Å². The van der Waals surface area contributed by atoms with E-state index < -0.39 is 0 Å². The Labute approximate surface area is 85.4 Å². The van der Waals surface area contributed by atoms with Gasteiger partial charge in [-0.15, -0.1) is 5.10 Å². The molecule has 0 saturated carbocycles. The third-order valence-electron chi connectivity index (χ3n) is 1.88. The lowest BCUT2D eigenvalue weighted by Gasteiger charge is -1.99. The molecule has 74 valence electrons. The van der Waals surface area contributed by atoms with E-state index in [1.807, 2.05) is 19.3 Å². The van der Waals surface area contributed by atoms with Crippen molar-refractivity contribution in [3.63, 3.8) is 0 Å². The summed E-state index contributed by atoms with van der Waals surface area (Å²) < 4.78 is 3.93. The summed E-state index contributed by atoms with van der Waals surface area (Å²) in [4.78, 5) is 0. The molecule has 0 aliphatic carbocycles. The van der Waals surface area contributed by atoms with Gasteiger partial charge in [0.1, 0.15) is 0 Å². The highest BCUT2D eigenvalue weighted by molar-refractivity contribution is 7.71. The lowest BCUT2D eigenvalue weighted by molar-refractivity contribution is 0.705. The Morgan fingerprint density at radius 1 is 1.64 bits per heavy atom. The van der Waals surface area contributed by atoms with E-state index in [4.69, 9.17) is 18.0 Å². The van der Waals surface area contributed by atoms with Gasteiger partial charge in [0.05, 0.1) is 12.2 Å². The molecule has 0 unspecified atom stereocenters. The summed E-state index contributed by atoms with van der Waals surface area (Å²) in [5.41, 5.74) is 6.52. The van der Waals surface area contributed by atoms with Gasteiger partial charge in [0, 0.05) is 13.2 Å². The zero-order chi connectivity index (χ0) is 10.1. The quantitative estimate of drug-likeness (QED) is 0.699. The smallest absolute Gasteiger partial charge is 0.220 e. The number of nitrogens with two attached hydrogens (primary N) is 1. The first-order valence-electron chi connectivity index (χ1n) is 4.06. The molecule has 3 N–H and O–H groups in total. The fourth-order valence-corrected chi connectivity index (χ4v) is 1.40. The largest absolute Gasteiger partial charge is 0.368 e. The third kappa shape index (κ3) is 1.53. The van der Waals surface area contributed by atoms with E-state index in [0.717, 1.165) is 5.69 Å². The Kier molecular flexibility index (Phi) is 2.08. The summed E-state index contributed by atoms with van der Waals surface area (Å²) >= 11 is 5.01. The van der Waals surface area contributed by atoms with Gasteiger partial charge in [0.15, 0.2) is 4.77 Å². The van der Waals surface area contributed by atoms with Crippen molar-refractivity contribution in [1.82, 2.24) is 24.5 Å². The molecule has 0 bridgehead atoms. The summed E-state index contributed by atoms with van der Waals surface area (Å²) in [5, 5.41) is 10.6. The van der Waals surface area contributed by atoms with Crippen molar-refractivity contribution in [3.05, 3.63) is 22.7 Å². The van der Waals surface area contributed by atoms with Crippen LogP contribution in [-0.4, -0.2) is 24.5 Å². The second-order valence-corrected chi connectivity index (χ2v) is 3.34. The van der Waals surface area contributed by atoms with Crippen LogP contribution in [0.1, 0.15) is 5.69 Å². The molecule has 6 nitrogen and oxygen atoms in total. The van der Waals surface area contributed by atoms with Gasteiger partial charge in [0.2, 0.25) is 5.95 Å². The second-order valence-electron chi connectivity index (χ2n) is 2.95. The fraction of sp³-hybridized carbons (Fsp3) is 0.286. The lowest BCUT2D eigenvalue weighted by atomic mass is 10.4. The Hall–Kier alpha value is -1.63. The molecule has 7 heteroatoms. The van der Waals surface area contributed by atoms with E-state index in [-0.39, 0.29) is 0 Å². The van der Waals surface area contributed by atoms with Crippen molar-refractivity contribution in [1.29, 1.82) is 0 Å². The Morgan fingerprint density at radius 3 is 2.93 bits per heavy atom. The number of hydrogen-bond acceptors (Lipinski definition) is 4. The van der Waals surface area contributed by atoms with Crippen molar-refractivity contribution in [2.75, 3.05) is 5.73 Å². The normalized spacial score (nSPS) is 10.6. The van der Waals surface area contributed by atoms with Gasteiger partial charge in [0.25, 0.3) is 0 Å². The van der Waals surface area contributed by atoms with E-state index in [1.165, 1.54) is 0 Å². The monoisotopic (exact) mass is 210 g/mol. The van der Waals surface area contributed by atoms with Crippen LogP contribution in [0.5, 0.6) is 0 Å². The Bertz CT molecular complexity index is 492. The molecule has 0 aliphatic rings. The van der Waals surface area contributed by atoms with Crippen LogP contribution < -0.4 is 5.73 Å². The lowest BCUT2D eigenvalue weighted by Crippen LogP contribution is -2.05. The van der Waals surface area contributed by atoms with Gasteiger partial charge in [-0.1, -0.05) is 0 Å². The molecule has 2 aromatic heterocycles. The molecule has 0 aromatic carbocycles. The second kappa shape index (κ2) is 3.26. The number of nitrogen functional groups attached to an aromatic ring is 1. The number of nitrogens with zero attached hydrogens (tertiary/aromatic N) is 4. The number of aryl methyl sites for hydroxylation is 1.